The van der Waals surface area contributed by atoms with Crippen LogP contribution in [0.5, 0.6) is 5.75 Å². The molecule has 4 rings (SSSR count). The number of carbonyl (C=O) groups is 1. The van der Waals surface area contributed by atoms with Crippen LogP contribution < -0.4 is 4.74 Å². The molecule has 3 aromatic rings. The van der Waals surface area contributed by atoms with Crippen LogP contribution in [-0.2, 0) is 27.1 Å². The van der Waals surface area contributed by atoms with Crippen LogP contribution in [0.15, 0.2) is 53.1 Å². The van der Waals surface area contributed by atoms with Gasteiger partial charge >= 0.3 is 5.97 Å². The molecule has 2 aromatic carbocycles. The highest BCUT2D eigenvalue weighted by Gasteiger charge is 2.33. The van der Waals surface area contributed by atoms with Crippen molar-refractivity contribution in [3.8, 4) is 5.75 Å². The Morgan fingerprint density at radius 1 is 1.21 bits per heavy atom. The Morgan fingerprint density at radius 2 is 1.94 bits per heavy atom. The lowest BCUT2D eigenvalue weighted by Crippen LogP contribution is -2.29. The number of fused-ring (bicyclic) bond motifs is 1. The molecule has 33 heavy (non-hydrogen) atoms. The second-order valence-corrected chi connectivity index (χ2v) is 11.6. The zero-order valence-corrected chi connectivity index (χ0v) is 21.0. The third-order valence-corrected chi connectivity index (χ3v) is 8.12. The van der Waals surface area contributed by atoms with E-state index >= 15 is 0 Å². The number of halogens is 1. The van der Waals surface area contributed by atoms with E-state index in [4.69, 9.17) is 4.74 Å². The molecule has 1 unspecified atom stereocenters. The molecule has 9 heteroatoms. The SMILES string of the molecule is CC(C)Oc1ccc(CS(=O)(=O)N2CCC(c3cn(CC(=O)O)c4cc(Br)ccc34)C2)cc1. The van der Waals surface area contributed by atoms with E-state index < -0.39 is 16.0 Å². The number of hydrogen-bond acceptors (Lipinski definition) is 4. The van der Waals surface area contributed by atoms with Crippen molar-refractivity contribution in [2.24, 2.45) is 0 Å². The van der Waals surface area contributed by atoms with Crippen LogP contribution in [0.1, 0.15) is 37.3 Å². The van der Waals surface area contributed by atoms with Crippen molar-refractivity contribution in [1.29, 1.82) is 0 Å². The van der Waals surface area contributed by atoms with Crippen LogP contribution in [-0.4, -0.2) is 47.6 Å². The van der Waals surface area contributed by atoms with Crippen LogP contribution in [0.3, 0.4) is 0 Å². The molecule has 0 bridgehead atoms. The smallest absolute Gasteiger partial charge is 0.323 e. The molecule has 1 saturated heterocycles. The maximum absolute atomic E-state index is 13.1. The highest BCUT2D eigenvalue weighted by atomic mass is 79.9. The molecule has 1 aromatic heterocycles. The summed E-state index contributed by atoms with van der Waals surface area (Å²) in [6, 6.07) is 13.0. The average molecular weight is 535 g/mol. The Labute approximate surface area is 202 Å². The van der Waals surface area contributed by atoms with Gasteiger partial charge in [-0.05, 0) is 55.7 Å². The fourth-order valence-electron chi connectivity index (χ4n) is 4.37. The van der Waals surface area contributed by atoms with Crippen molar-refractivity contribution >= 4 is 42.8 Å². The maximum atomic E-state index is 13.1. The van der Waals surface area contributed by atoms with Crippen LogP contribution in [0.2, 0.25) is 0 Å². The Bertz CT molecular complexity index is 1270. The van der Waals surface area contributed by atoms with Crippen LogP contribution in [0.4, 0.5) is 0 Å². The minimum absolute atomic E-state index is 0.0142. The van der Waals surface area contributed by atoms with Crippen molar-refractivity contribution in [1.82, 2.24) is 8.87 Å². The molecule has 1 aliphatic rings. The Hall–Kier alpha value is -2.36. The van der Waals surface area contributed by atoms with E-state index in [-0.39, 0.29) is 24.3 Å². The van der Waals surface area contributed by atoms with E-state index in [1.807, 2.05) is 38.2 Å². The summed E-state index contributed by atoms with van der Waals surface area (Å²) in [5, 5.41) is 10.3. The maximum Gasteiger partial charge on any atom is 0.323 e. The fourth-order valence-corrected chi connectivity index (χ4v) is 6.30. The third-order valence-electron chi connectivity index (χ3n) is 5.81. The van der Waals surface area contributed by atoms with Gasteiger partial charge in [-0.15, -0.1) is 0 Å². The molecule has 1 fully saturated rings. The van der Waals surface area contributed by atoms with E-state index in [0.717, 1.165) is 32.3 Å². The normalized spacial score (nSPS) is 17.2. The van der Waals surface area contributed by atoms with Gasteiger partial charge in [-0.3, -0.25) is 4.79 Å². The monoisotopic (exact) mass is 534 g/mol. The number of aliphatic carboxylic acids is 1. The standard InChI is InChI=1S/C24H27BrN2O5S/c1-16(2)32-20-6-3-17(4-7-20)15-33(30,31)27-10-9-18(12-27)22-13-26(14-24(28)29)23-11-19(25)5-8-21(22)23/h3-8,11,13,16,18H,9-10,12,14-15H2,1-2H3,(H,28,29). The quantitative estimate of drug-likeness (QED) is 0.456. The van der Waals surface area contributed by atoms with E-state index in [9.17, 15) is 18.3 Å². The number of benzene rings is 2. The highest BCUT2D eigenvalue weighted by Crippen LogP contribution is 2.36. The average Bonchev–Trinajstić information content (AvgIpc) is 3.34. The molecule has 176 valence electrons. The molecular weight excluding hydrogens is 508 g/mol. The number of sulfonamides is 1. The summed E-state index contributed by atoms with van der Waals surface area (Å²) in [5.74, 6) is -0.244. The lowest BCUT2D eigenvalue weighted by atomic mass is 9.98. The Morgan fingerprint density at radius 3 is 2.61 bits per heavy atom. The van der Waals surface area contributed by atoms with Gasteiger partial charge in [0.25, 0.3) is 0 Å². The minimum atomic E-state index is -3.48. The zero-order chi connectivity index (χ0) is 23.8. The predicted molar refractivity (Wildman–Crippen MR) is 131 cm³/mol. The van der Waals surface area contributed by atoms with Crippen molar-refractivity contribution in [3.63, 3.8) is 0 Å². The number of aromatic nitrogens is 1. The molecule has 0 saturated carbocycles. The summed E-state index contributed by atoms with van der Waals surface area (Å²) in [6.07, 6.45) is 2.62. The summed E-state index contributed by atoms with van der Waals surface area (Å²) in [7, 11) is -3.48. The van der Waals surface area contributed by atoms with Crippen molar-refractivity contribution in [2.45, 2.75) is 44.6 Å². The summed E-state index contributed by atoms with van der Waals surface area (Å²) >= 11 is 3.45. The third kappa shape index (κ3) is 5.42. The van der Waals surface area contributed by atoms with Gasteiger partial charge in [-0.25, -0.2) is 12.7 Å². The van der Waals surface area contributed by atoms with Gasteiger partial charge in [-0.2, -0.15) is 0 Å². The first-order chi connectivity index (χ1) is 15.6. The van der Waals surface area contributed by atoms with Crippen LogP contribution >= 0.6 is 15.9 Å². The van der Waals surface area contributed by atoms with Crippen molar-refractivity contribution in [3.05, 3.63) is 64.3 Å². The number of ether oxygens (including phenoxy) is 1. The molecule has 0 amide bonds. The number of carboxylic acids is 1. The Kier molecular flexibility index (Phi) is 6.83. The van der Waals surface area contributed by atoms with Gasteiger partial charge in [-0.1, -0.05) is 34.1 Å². The van der Waals surface area contributed by atoms with Gasteiger partial charge < -0.3 is 14.4 Å². The molecule has 1 aliphatic heterocycles. The topological polar surface area (TPSA) is 88.8 Å². The molecule has 0 aliphatic carbocycles. The zero-order valence-electron chi connectivity index (χ0n) is 18.6. The summed E-state index contributed by atoms with van der Waals surface area (Å²) < 4.78 is 36.0. The van der Waals surface area contributed by atoms with Gasteiger partial charge in [0.1, 0.15) is 12.3 Å². The van der Waals surface area contributed by atoms with Gasteiger partial charge in [0.15, 0.2) is 0 Å². The number of rotatable bonds is 8. The van der Waals surface area contributed by atoms with Gasteiger partial charge in [0.2, 0.25) is 10.0 Å². The van der Waals surface area contributed by atoms with E-state index in [0.29, 0.717) is 19.5 Å². The summed E-state index contributed by atoms with van der Waals surface area (Å²) in [4.78, 5) is 11.3. The number of nitrogens with zero attached hydrogens (tertiary/aromatic N) is 2. The first-order valence-corrected chi connectivity index (χ1v) is 13.3. The Balaban J connectivity index is 1.52. The lowest BCUT2D eigenvalue weighted by Gasteiger charge is -2.17. The number of carboxylic acid groups (broad SMARTS) is 1. The van der Waals surface area contributed by atoms with Gasteiger partial charge in [0, 0.05) is 40.6 Å². The number of hydrogen-bond donors (Lipinski definition) is 1. The predicted octanol–water partition coefficient (Wildman–Crippen LogP) is 4.59. The van der Waals surface area contributed by atoms with Crippen molar-refractivity contribution < 1.29 is 23.1 Å². The summed E-state index contributed by atoms with van der Waals surface area (Å²) in [6.45, 7) is 4.58. The van der Waals surface area contributed by atoms with Crippen LogP contribution in [0.25, 0.3) is 10.9 Å². The molecule has 7 nitrogen and oxygen atoms in total. The first-order valence-electron chi connectivity index (χ1n) is 10.9. The van der Waals surface area contributed by atoms with E-state index in [2.05, 4.69) is 15.9 Å². The molecule has 0 spiro atoms. The highest BCUT2D eigenvalue weighted by molar-refractivity contribution is 9.10. The summed E-state index contributed by atoms with van der Waals surface area (Å²) in [5.41, 5.74) is 2.54. The molecular formula is C24H27BrN2O5S. The largest absolute Gasteiger partial charge is 0.491 e. The molecule has 2 heterocycles. The molecule has 0 radical (unpaired) electrons. The minimum Gasteiger partial charge on any atom is -0.491 e. The second kappa shape index (κ2) is 9.48. The van der Waals surface area contributed by atoms with Crippen LogP contribution in [0, 0.1) is 0 Å². The molecule has 1 N–H and O–H groups in total. The fraction of sp³-hybridized carbons (Fsp3) is 0.375. The van der Waals surface area contributed by atoms with Crippen molar-refractivity contribution in [2.75, 3.05) is 13.1 Å². The van der Waals surface area contributed by atoms with E-state index in [1.165, 1.54) is 0 Å². The molecule has 1 atom stereocenters. The van der Waals surface area contributed by atoms with E-state index in [1.54, 1.807) is 33.1 Å². The lowest BCUT2D eigenvalue weighted by molar-refractivity contribution is -0.137. The van der Waals surface area contributed by atoms with Gasteiger partial charge in [0.05, 0.1) is 11.9 Å². The first kappa shape index (κ1) is 23.8. The second-order valence-electron chi connectivity index (χ2n) is 8.68.